The molecule has 2 N–H and O–H groups in total. The molecule has 0 aliphatic heterocycles. The third-order valence-corrected chi connectivity index (χ3v) is 1.72. The van der Waals surface area contributed by atoms with Crippen LogP contribution >= 0.6 is 11.6 Å². The van der Waals surface area contributed by atoms with Crippen molar-refractivity contribution in [3.8, 4) is 0 Å². The third kappa shape index (κ3) is 4.17. The zero-order valence-corrected chi connectivity index (χ0v) is 9.81. The second-order valence-electron chi connectivity index (χ2n) is 3.03. The average Bonchev–Trinajstić information content (AvgIpc) is 2.28. The van der Waals surface area contributed by atoms with Crippen molar-refractivity contribution < 1.29 is 19.2 Å². The lowest BCUT2D eigenvalue weighted by molar-refractivity contribution is 0.167. The third-order valence-electron chi connectivity index (χ3n) is 1.65. The fourth-order valence-electron chi connectivity index (χ4n) is 0.982. The molecule has 0 saturated carbocycles. The van der Waals surface area contributed by atoms with Gasteiger partial charge in [0.05, 0.1) is 5.69 Å². The lowest BCUT2D eigenvalue weighted by atomic mass is 10.2. The van der Waals surface area contributed by atoms with E-state index in [1.54, 1.807) is 0 Å². The van der Waals surface area contributed by atoms with Crippen molar-refractivity contribution in [2.24, 2.45) is 5.16 Å². The maximum atomic E-state index is 13.0. The van der Waals surface area contributed by atoms with Gasteiger partial charge in [0.2, 0.25) is 0 Å². The Hall–Kier alpha value is -1.90. The Kier molecular flexibility index (Phi) is 4.84. The van der Waals surface area contributed by atoms with Gasteiger partial charge >= 0.3 is 6.09 Å². The predicted molar refractivity (Wildman–Crippen MR) is 63.1 cm³/mol. The van der Waals surface area contributed by atoms with Crippen LogP contribution in [0, 0.1) is 11.0 Å². The molecule has 1 amide bonds. The van der Waals surface area contributed by atoms with Gasteiger partial charge in [-0.05, 0) is 25.1 Å². The molecule has 7 nitrogen and oxygen atoms in total. The summed E-state index contributed by atoms with van der Waals surface area (Å²) in [6.45, 7) is 1.39. The summed E-state index contributed by atoms with van der Waals surface area (Å²) >= 11 is 5.33. The number of rotatable bonds is 3. The summed E-state index contributed by atoms with van der Waals surface area (Å²) in [4.78, 5) is 15.4. The topological polar surface area (TPSA) is 97.2 Å². The number of carbonyl (C=O) groups excluding carboxylic acids is 1. The smallest absolute Gasteiger partial charge is 0.437 e. The zero-order chi connectivity index (χ0) is 13.7. The number of benzene rings is 1. The number of carbonyl (C=O) groups is 1. The van der Waals surface area contributed by atoms with E-state index >= 15 is 0 Å². The monoisotopic (exact) mass is 276 g/mol. The van der Waals surface area contributed by atoms with E-state index in [1.165, 1.54) is 13.0 Å². The van der Waals surface area contributed by atoms with E-state index in [0.717, 1.165) is 12.1 Å². The van der Waals surface area contributed by atoms with Crippen LogP contribution in [0.3, 0.4) is 0 Å². The molecule has 0 heterocycles. The van der Waals surface area contributed by atoms with E-state index < -0.39 is 22.8 Å². The summed E-state index contributed by atoms with van der Waals surface area (Å²) in [7, 11) is 0. The van der Waals surface area contributed by atoms with Gasteiger partial charge in [-0.1, -0.05) is 16.8 Å². The number of hydrogen-bond donors (Lipinski definition) is 2. The van der Waals surface area contributed by atoms with Crippen molar-refractivity contribution in [2.75, 3.05) is 10.5 Å². The van der Waals surface area contributed by atoms with Gasteiger partial charge in [0, 0.05) is 5.69 Å². The average molecular weight is 277 g/mol. The molecule has 1 aromatic rings. The molecule has 0 aliphatic carbocycles. The molecule has 0 atom stereocenters. The first-order chi connectivity index (χ1) is 8.40. The van der Waals surface area contributed by atoms with Gasteiger partial charge < -0.3 is 10.4 Å². The normalized spacial score (nSPS) is 11.1. The molecule has 0 saturated heterocycles. The highest BCUT2D eigenvalue weighted by Gasteiger charge is 2.08. The summed E-state index contributed by atoms with van der Waals surface area (Å²) in [5.41, 5.74) is -0.612. The zero-order valence-electron chi connectivity index (χ0n) is 9.05. The molecule has 0 fully saturated rings. The molecule has 9 heteroatoms. The van der Waals surface area contributed by atoms with Crippen molar-refractivity contribution in [1.29, 1.82) is 0 Å². The minimum atomic E-state index is -0.983. The second kappa shape index (κ2) is 6.15. The van der Waals surface area contributed by atoms with Crippen LogP contribution in [0.5, 0.6) is 0 Å². The van der Waals surface area contributed by atoms with Crippen LogP contribution < -0.4 is 10.5 Å². The van der Waals surface area contributed by atoms with Crippen molar-refractivity contribution >= 4 is 34.2 Å². The summed E-state index contributed by atoms with van der Waals surface area (Å²) in [6, 6.07) is 2.98. The van der Waals surface area contributed by atoms with Crippen LogP contribution in [0.4, 0.5) is 20.6 Å². The summed E-state index contributed by atoms with van der Waals surface area (Å²) < 4.78 is 13.0. The van der Waals surface area contributed by atoms with Gasteiger partial charge in [-0.2, -0.15) is 0 Å². The standard InChI is InChI=1S/C9H8ClFN3O4/c1-5(10)13-18-9(15)12-6-2-3-7(11)8(4-6)14(16)17/h2-4,16H,1H3,(H,12,15)/q-1/b13-5+. The summed E-state index contributed by atoms with van der Waals surface area (Å²) in [5, 5.41) is 23.8. The van der Waals surface area contributed by atoms with E-state index in [-0.39, 0.29) is 10.9 Å². The van der Waals surface area contributed by atoms with E-state index in [9.17, 15) is 14.4 Å². The van der Waals surface area contributed by atoms with Gasteiger partial charge in [0.25, 0.3) is 0 Å². The van der Waals surface area contributed by atoms with Gasteiger partial charge in [0.15, 0.2) is 0 Å². The molecule has 0 unspecified atom stereocenters. The highest BCUT2D eigenvalue weighted by atomic mass is 35.5. The number of amides is 1. The molecule has 18 heavy (non-hydrogen) atoms. The number of hydrogen-bond acceptors (Lipinski definition) is 6. The number of halogens is 2. The first-order valence-electron chi connectivity index (χ1n) is 4.54. The second-order valence-corrected chi connectivity index (χ2v) is 3.58. The highest BCUT2D eigenvalue weighted by molar-refractivity contribution is 6.64. The molecule has 0 aliphatic rings. The minimum Gasteiger partial charge on any atom is -0.733 e. The number of nitrogens with zero attached hydrogens (tertiary/aromatic N) is 2. The molecular formula is C9H8ClFN3O4-. The van der Waals surface area contributed by atoms with Gasteiger partial charge in [-0.3, -0.25) is 15.4 Å². The molecule has 1 rings (SSSR count). The van der Waals surface area contributed by atoms with Crippen LogP contribution in [-0.2, 0) is 4.84 Å². The molecule has 0 spiro atoms. The molecule has 0 aromatic heterocycles. The molecule has 0 bridgehead atoms. The van der Waals surface area contributed by atoms with Crippen LogP contribution in [-0.4, -0.2) is 16.5 Å². The van der Waals surface area contributed by atoms with E-state index in [0.29, 0.717) is 0 Å². The largest absolute Gasteiger partial charge is 0.733 e. The van der Waals surface area contributed by atoms with Gasteiger partial charge in [-0.15, -0.1) is 0 Å². The Labute approximate surface area is 106 Å². The van der Waals surface area contributed by atoms with E-state index in [2.05, 4.69) is 15.3 Å². The first kappa shape index (κ1) is 14.2. The lowest BCUT2D eigenvalue weighted by Crippen LogP contribution is -2.13. The predicted octanol–water partition coefficient (Wildman–Crippen LogP) is 2.64. The Balaban J connectivity index is 2.76. The van der Waals surface area contributed by atoms with Gasteiger partial charge in [0.1, 0.15) is 11.0 Å². The van der Waals surface area contributed by atoms with Crippen molar-refractivity contribution in [2.45, 2.75) is 6.92 Å². The van der Waals surface area contributed by atoms with Gasteiger partial charge in [-0.25, -0.2) is 9.18 Å². The van der Waals surface area contributed by atoms with Crippen LogP contribution in [0.25, 0.3) is 0 Å². The lowest BCUT2D eigenvalue weighted by Gasteiger charge is -2.22. The van der Waals surface area contributed by atoms with Crippen molar-refractivity contribution in [1.82, 2.24) is 0 Å². The molecule has 1 aromatic carbocycles. The van der Waals surface area contributed by atoms with Crippen molar-refractivity contribution in [3.05, 3.63) is 29.2 Å². The maximum Gasteiger partial charge on any atom is 0.437 e. The Morgan fingerprint density at radius 3 is 2.89 bits per heavy atom. The Morgan fingerprint density at radius 2 is 2.33 bits per heavy atom. The fourth-order valence-corrected chi connectivity index (χ4v) is 1.02. The Morgan fingerprint density at radius 1 is 1.67 bits per heavy atom. The summed E-state index contributed by atoms with van der Waals surface area (Å²) in [5.74, 6) is -0.943. The van der Waals surface area contributed by atoms with E-state index in [4.69, 9.17) is 16.8 Å². The quantitative estimate of drug-likeness (QED) is 0.502. The molecule has 98 valence electrons. The van der Waals surface area contributed by atoms with Crippen molar-refractivity contribution in [3.63, 3.8) is 0 Å². The van der Waals surface area contributed by atoms with Crippen LogP contribution in [0.15, 0.2) is 23.4 Å². The minimum absolute atomic E-state index is 0.00559. The first-order valence-corrected chi connectivity index (χ1v) is 4.91. The fraction of sp³-hybridized carbons (Fsp3) is 0.111. The molecule has 0 radical (unpaired) electrons. The Bertz CT molecular complexity index is 477. The maximum absolute atomic E-state index is 13.0. The van der Waals surface area contributed by atoms with E-state index in [1.807, 2.05) is 0 Å². The SMILES string of the molecule is C/C(Cl)=N\OC(=O)Nc1ccc(F)c(N([O-])O)c1. The number of nitrogens with one attached hydrogen (secondary N) is 1. The number of anilines is 2. The van der Waals surface area contributed by atoms with Crippen LogP contribution in [0.2, 0.25) is 0 Å². The molecular weight excluding hydrogens is 269 g/mol. The number of oxime groups is 1. The summed E-state index contributed by atoms with van der Waals surface area (Å²) in [6.07, 6.45) is -0.983. The highest BCUT2D eigenvalue weighted by Crippen LogP contribution is 2.22. The van der Waals surface area contributed by atoms with Crippen LogP contribution in [0.1, 0.15) is 6.92 Å².